The van der Waals surface area contributed by atoms with Crippen molar-refractivity contribution in [1.82, 2.24) is 0 Å². The number of epoxide rings is 1. The van der Waals surface area contributed by atoms with Gasteiger partial charge in [-0.25, -0.2) is 14.0 Å². The van der Waals surface area contributed by atoms with E-state index in [1.165, 1.54) is 31.2 Å². The summed E-state index contributed by atoms with van der Waals surface area (Å²) in [7, 11) is 0. The Morgan fingerprint density at radius 2 is 1.87 bits per heavy atom. The number of carbonyl (C=O) groups is 2. The zero-order valence-corrected chi connectivity index (χ0v) is 12.6. The highest BCUT2D eigenvalue weighted by molar-refractivity contribution is 6.06. The summed E-state index contributed by atoms with van der Waals surface area (Å²) in [6.45, 7) is 3.33. The Bertz CT molecular complexity index is 775. The van der Waals surface area contributed by atoms with Gasteiger partial charge in [0.15, 0.2) is 5.76 Å². The highest BCUT2D eigenvalue weighted by atomic mass is 19.1. The number of carboxylic acids is 2. The Kier molecular flexibility index (Phi) is 3.28. The number of halogens is 1. The van der Waals surface area contributed by atoms with E-state index in [9.17, 15) is 24.2 Å². The number of allylic oxidation sites excluding steroid dienone is 2. The first-order valence-electron chi connectivity index (χ1n) is 7.24. The molecule has 1 saturated heterocycles. The molecule has 1 fully saturated rings. The van der Waals surface area contributed by atoms with Crippen LogP contribution in [0.25, 0.3) is 5.57 Å². The molecule has 1 aliphatic heterocycles. The zero-order valence-electron chi connectivity index (χ0n) is 12.6. The van der Waals surface area contributed by atoms with E-state index in [-0.39, 0.29) is 5.57 Å². The van der Waals surface area contributed by atoms with Gasteiger partial charge in [-0.15, -0.1) is 0 Å². The molecular weight excluding hydrogens is 303 g/mol. The molecule has 1 aromatic rings. The van der Waals surface area contributed by atoms with E-state index in [1.54, 1.807) is 6.92 Å². The average molecular weight is 318 g/mol. The fourth-order valence-corrected chi connectivity index (χ4v) is 3.30. The Morgan fingerprint density at radius 1 is 1.26 bits per heavy atom. The summed E-state index contributed by atoms with van der Waals surface area (Å²) >= 11 is 0. The van der Waals surface area contributed by atoms with E-state index >= 15 is 0 Å². The number of fused-ring (bicyclic) bond motifs is 1. The molecule has 1 unspecified atom stereocenters. The fraction of sp³-hybridized carbons (Fsp3) is 0.294. The highest BCUT2D eigenvalue weighted by Gasteiger charge is 2.69. The minimum atomic E-state index is -1.58. The molecule has 0 radical (unpaired) electrons. The Labute approximate surface area is 131 Å². The minimum Gasteiger partial charge on any atom is -0.478 e. The summed E-state index contributed by atoms with van der Waals surface area (Å²) in [6, 6.07) is 5.48. The SMILES string of the molecule is CCC1=C2O[C@]2(C(=O)O)C(C)C(C(=O)O)=C1c1ccc(F)cc1. The van der Waals surface area contributed by atoms with Crippen LogP contribution in [0.15, 0.2) is 41.2 Å². The summed E-state index contributed by atoms with van der Waals surface area (Å²) in [4.78, 5) is 23.4. The number of carboxylic acid groups (broad SMARTS) is 2. The van der Waals surface area contributed by atoms with Crippen LogP contribution < -0.4 is 0 Å². The number of hydrogen-bond donors (Lipinski definition) is 2. The topological polar surface area (TPSA) is 87.1 Å². The second kappa shape index (κ2) is 4.94. The quantitative estimate of drug-likeness (QED) is 0.834. The van der Waals surface area contributed by atoms with Crippen molar-refractivity contribution in [3.8, 4) is 0 Å². The lowest BCUT2D eigenvalue weighted by atomic mass is 9.74. The highest BCUT2D eigenvalue weighted by Crippen LogP contribution is 2.58. The molecule has 1 aliphatic carbocycles. The van der Waals surface area contributed by atoms with E-state index < -0.39 is 29.3 Å². The first kappa shape index (κ1) is 15.3. The molecule has 0 saturated carbocycles. The van der Waals surface area contributed by atoms with Crippen molar-refractivity contribution in [3.05, 3.63) is 52.6 Å². The molecule has 5 nitrogen and oxygen atoms in total. The summed E-state index contributed by atoms with van der Waals surface area (Å²) in [6.07, 6.45) is 0.417. The van der Waals surface area contributed by atoms with Crippen LogP contribution >= 0.6 is 0 Å². The van der Waals surface area contributed by atoms with Crippen LogP contribution in [-0.2, 0) is 14.3 Å². The van der Waals surface area contributed by atoms with Gasteiger partial charge in [-0.3, -0.25) is 0 Å². The molecule has 0 aromatic heterocycles. The molecule has 6 heteroatoms. The van der Waals surface area contributed by atoms with E-state index in [0.29, 0.717) is 28.9 Å². The van der Waals surface area contributed by atoms with Crippen LogP contribution in [0.1, 0.15) is 25.8 Å². The first-order chi connectivity index (χ1) is 10.8. The summed E-state index contributed by atoms with van der Waals surface area (Å²) in [5, 5.41) is 19.1. The van der Waals surface area contributed by atoms with Gasteiger partial charge < -0.3 is 14.9 Å². The van der Waals surface area contributed by atoms with E-state index in [4.69, 9.17) is 4.74 Å². The summed E-state index contributed by atoms with van der Waals surface area (Å²) in [5.74, 6) is -3.35. The van der Waals surface area contributed by atoms with Crippen molar-refractivity contribution < 1.29 is 28.9 Å². The van der Waals surface area contributed by atoms with E-state index in [0.717, 1.165) is 0 Å². The van der Waals surface area contributed by atoms with Gasteiger partial charge >= 0.3 is 11.9 Å². The molecule has 1 aromatic carbocycles. The van der Waals surface area contributed by atoms with Crippen LogP contribution in [0.2, 0.25) is 0 Å². The molecule has 0 amide bonds. The Balaban J connectivity index is 2.27. The van der Waals surface area contributed by atoms with Crippen molar-refractivity contribution in [3.63, 3.8) is 0 Å². The summed E-state index contributed by atoms with van der Waals surface area (Å²) in [5.41, 5.74) is -0.0826. The molecule has 23 heavy (non-hydrogen) atoms. The first-order valence-corrected chi connectivity index (χ1v) is 7.24. The molecule has 2 aliphatic rings. The van der Waals surface area contributed by atoms with Crippen molar-refractivity contribution in [2.24, 2.45) is 5.92 Å². The molecule has 2 atom stereocenters. The van der Waals surface area contributed by atoms with Crippen molar-refractivity contribution >= 4 is 17.5 Å². The van der Waals surface area contributed by atoms with Crippen LogP contribution in [-0.4, -0.2) is 27.8 Å². The van der Waals surface area contributed by atoms with E-state index in [2.05, 4.69) is 0 Å². The lowest BCUT2D eigenvalue weighted by molar-refractivity contribution is -0.145. The maximum Gasteiger partial charge on any atom is 0.356 e. The maximum atomic E-state index is 13.2. The number of rotatable bonds is 4. The van der Waals surface area contributed by atoms with Crippen molar-refractivity contribution in [2.45, 2.75) is 25.9 Å². The summed E-state index contributed by atoms with van der Waals surface area (Å²) < 4.78 is 18.6. The smallest absolute Gasteiger partial charge is 0.356 e. The van der Waals surface area contributed by atoms with Gasteiger partial charge in [-0.2, -0.15) is 0 Å². The monoisotopic (exact) mass is 318 g/mol. The second-order valence-corrected chi connectivity index (χ2v) is 5.63. The third-order valence-corrected chi connectivity index (χ3v) is 4.48. The molecule has 0 spiro atoms. The number of aliphatic carboxylic acids is 2. The number of ether oxygens (including phenoxy) is 1. The molecule has 0 bridgehead atoms. The van der Waals surface area contributed by atoms with Crippen molar-refractivity contribution in [2.75, 3.05) is 0 Å². The van der Waals surface area contributed by atoms with Crippen LogP contribution in [0.3, 0.4) is 0 Å². The third kappa shape index (κ3) is 1.98. The van der Waals surface area contributed by atoms with E-state index in [1.807, 2.05) is 0 Å². The maximum absolute atomic E-state index is 13.2. The molecular formula is C17H15FO5. The standard InChI is InChI=1S/C17H15FO5/c1-3-11-13(9-4-6-10(18)7-5-9)12(15(19)20)8(2)17(16(21)22)14(11)23-17/h4-8H,3H2,1-2H3,(H,19,20)(H,21,22)/t8?,17-/m1/s1. The molecule has 1 heterocycles. The van der Waals surface area contributed by atoms with Gasteiger partial charge in [0.1, 0.15) is 5.82 Å². The number of benzene rings is 1. The van der Waals surface area contributed by atoms with Gasteiger partial charge in [0.2, 0.25) is 0 Å². The molecule has 2 N–H and O–H groups in total. The van der Waals surface area contributed by atoms with Gasteiger partial charge in [-0.05, 0) is 29.7 Å². The predicted molar refractivity (Wildman–Crippen MR) is 78.9 cm³/mol. The third-order valence-electron chi connectivity index (χ3n) is 4.48. The Morgan fingerprint density at radius 3 is 2.35 bits per heavy atom. The lowest BCUT2D eigenvalue weighted by Crippen LogP contribution is -2.37. The van der Waals surface area contributed by atoms with Crippen molar-refractivity contribution in [1.29, 1.82) is 0 Å². The van der Waals surface area contributed by atoms with Crippen LogP contribution in [0.4, 0.5) is 4.39 Å². The Hall–Kier alpha value is -2.63. The second-order valence-electron chi connectivity index (χ2n) is 5.63. The van der Waals surface area contributed by atoms with Crippen LogP contribution in [0, 0.1) is 11.7 Å². The predicted octanol–water partition coefficient (Wildman–Crippen LogP) is 2.83. The fourth-order valence-electron chi connectivity index (χ4n) is 3.30. The minimum absolute atomic E-state index is 0.0166. The van der Waals surface area contributed by atoms with Gasteiger partial charge in [-0.1, -0.05) is 26.0 Å². The lowest BCUT2D eigenvalue weighted by Gasteiger charge is -2.24. The molecule has 120 valence electrons. The largest absolute Gasteiger partial charge is 0.478 e. The zero-order chi connectivity index (χ0) is 16.9. The van der Waals surface area contributed by atoms with Gasteiger partial charge in [0.25, 0.3) is 5.60 Å². The molecule has 3 rings (SSSR count). The van der Waals surface area contributed by atoms with Gasteiger partial charge in [0, 0.05) is 11.5 Å². The average Bonchev–Trinajstić information content (AvgIpc) is 3.25. The van der Waals surface area contributed by atoms with Gasteiger partial charge in [0.05, 0.1) is 5.57 Å². The normalized spacial score (nSPS) is 25.8. The van der Waals surface area contributed by atoms with Crippen LogP contribution in [0.5, 0.6) is 0 Å². The number of hydrogen-bond acceptors (Lipinski definition) is 3.